The van der Waals surface area contributed by atoms with Gasteiger partial charge in [0.1, 0.15) is 10.7 Å². The highest BCUT2D eigenvalue weighted by Gasteiger charge is 2.19. The Balaban J connectivity index is 1.61. The third-order valence-corrected chi connectivity index (χ3v) is 6.31. The molecule has 1 aliphatic rings. The first-order valence-corrected chi connectivity index (χ1v) is 10.6. The van der Waals surface area contributed by atoms with E-state index in [1.54, 1.807) is 0 Å². The third kappa shape index (κ3) is 4.53. The van der Waals surface area contributed by atoms with Gasteiger partial charge in [-0.2, -0.15) is 0 Å². The number of nitrogens with one attached hydrogen (secondary N) is 1. The van der Waals surface area contributed by atoms with E-state index in [1.165, 1.54) is 62.0 Å². The fourth-order valence-corrected chi connectivity index (χ4v) is 4.82. The standard InChI is InChI=1S/C20H30N4OS/c1-14-13-22-18(24(14)17-9-7-5-4-6-8-10-17)11-12-21-20(25)19-15(2)23-16(3)26-19/h13,17H,4-12H2,1-3H3,(H,21,25). The molecule has 0 radical (unpaired) electrons. The van der Waals surface area contributed by atoms with Crippen LogP contribution in [0.3, 0.4) is 0 Å². The highest BCUT2D eigenvalue weighted by Crippen LogP contribution is 2.28. The second kappa shape index (κ2) is 8.80. The van der Waals surface area contributed by atoms with Crippen LogP contribution in [0, 0.1) is 20.8 Å². The molecule has 1 saturated carbocycles. The molecule has 0 aliphatic heterocycles. The Kier molecular flexibility index (Phi) is 6.46. The van der Waals surface area contributed by atoms with Crippen LogP contribution in [0.25, 0.3) is 0 Å². The van der Waals surface area contributed by atoms with Crippen LogP contribution in [0.5, 0.6) is 0 Å². The fourth-order valence-electron chi connectivity index (χ4n) is 3.98. The lowest BCUT2D eigenvalue weighted by molar-refractivity contribution is 0.0957. The van der Waals surface area contributed by atoms with Gasteiger partial charge in [0.2, 0.25) is 0 Å². The number of hydrogen-bond acceptors (Lipinski definition) is 4. The quantitative estimate of drug-likeness (QED) is 0.837. The third-order valence-electron chi connectivity index (χ3n) is 5.24. The Morgan fingerprint density at radius 1 is 1.19 bits per heavy atom. The average Bonchev–Trinajstić information content (AvgIpc) is 3.10. The molecular weight excluding hydrogens is 344 g/mol. The van der Waals surface area contributed by atoms with Crippen LogP contribution in [0.2, 0.25) is 0 Å². The predicted octanol–water partition coefficient (Wildman–Crippen LogP) is 4.52. The van der Waals surface area contributed by atoms with Crippen molar-refractivity contribution in [3.05, 3.63) is 33.3 Å². The van der Waals surface area contributed by atoms with Crippen molar-refractivity contribution < 1.29 is 4.79 Å². The van der Waals surface area contributed by atoms with Gasteiger partial charge in [0.15, 0.2) is 0 Å². The van der Waals surface area contributed by atoms with Crippen molar-refractivity contribution in [2.45, 2.75) is 78.2 Å². The molecule has 5 nitrogen and oxygen atoms in total. The second-order valence-corrected chi connectivity index (χ2v) is 8.54. The van der Waals surface area contributed by atoms with Gasteiger partial charge in [0, 0.05) is 30.9 Å². The Morgan fingerprint density at radius 3 is 2.54 bits per heavy atom. The molecule has 1 N–H and O–H groups in total. The minimum Gasteiger partial charge on any atom is -0.351 e. The van der Waals surface area contributed by atoms with Gasteiger partial charge in [-0.3, -0.25) is 4.79 Å². The first kappa shape index (κ1) is 19.1. The maximum absolute atomic E-state index is 12.4. The van der Waals surface area contributed by atoms with Crippen molar-refractivity contribution in [2.24, 2.45) is 0 Å². The van der Waals surface area contributed by atoms with E-state index < -0.39 is 0 Å². The van der Waals surface area contributed by atoms with E-state index >= 15 is 0 Å². The number of amides is 1. The number of carbonyl (C=O) groups is 1. The summed E-state index contributed by atoms with van der Waals surface area (Å²) in [6.45, 7) is 6.59. The molecule has 0 unspecified atom stereocenters. The molecule has 26 heavy (non-hydrogen) atoms. The van der Waals surface area contributed by atoms with Gasteiger partial charge in [0.05, 0.1) is 10.7 Å². The van der Waals surface area contributed by atoms with Crippen molar-refractivity contribution in [1.82, 2.24) is 19.9 Å². The number of carbonyl (C=O) groups excluding carboxylic acids is 1. The summed E-state index contributed by atoms with van der Waals surface area (Å²) in [5.74, 6) is 1.08. The van der Waals surface area contributed by atoms with Crippen molar-refractivity contribution >= 4 is 17.2 Å². The molecule has 2 aromatic rings. The lowest BCUT2D eigenvalue weighted by atomic mass is 9.96. The summed E-state index contributed by atoms with van der Waals surface area (Å²) >= 11 is 1.46. The van der Waals surface area contributed by atoms with E-state index in [-0.39, 0.29) is 5.91 Å². The summed E-state index contributed by atoms with van der Waals surface area (Å²) in [4.78, 5) is 22.1. The average molecular weight is 375 g/mol. The summed E-state index contributed by atoms with van der Waals surface area (Å²) < 4.78 is 2.43. The van der Waals surface area contributed by atoms with Gasteiger partial charge in [-0.15, -0.1) is 11.3 Å². The Bertz CT molecular complexity index is 741. The Morgan fingerprint density at radius 2 is 1.88 bits per heavy atom. The summed E-state index contributed by atoms with van der Waals surface area (Å²) in [5, 5.41) is 3.97. The van der Waals surface area contributed by atoms with Crippen LogP contribution in [-0.2, 0) is 6.42 Å². The molecule has 0 atom stereocenters. The van der Waals surface area contributed by atoms with Crippen molar-refractivity contribution in [3.8, 4) is 0 Å². The molecule has 0 spiro atoms. The van der Waals surface area contributed by atoms with E-state index in [0.717, 1.165) is 27.8 Å². The van der Waals surface area contributed by atoms with Gasteiger partial charge in [-0.25, -0.2) is 9.97 Å². The maximum atomic E-state index is 12.4. The zero-order chi connectivity index (χ0) is 18.5. The van der Waals surface area contributed by atoms with Gasteiger partial charge >= 0.3 is 0 Å². The minimum atomic E-state index is -0.0196. The molecule has 1 aliphatic carbocycles. The van der Waals surface area contributed by atoms with Crippen LogP contribution in [0.1, 0.15) is 82.9 Å². The molecule has 0 aromatic carbocycles. The second-order valence-electron chi connectivity index (χ2n) is 7.34. The molecule has 1 amide bonds. The molecule has 1 fully saturated rings. The molecule has 142 valence electrons. The van der Waals surface area contributed by atoms with Gasteiger partial charge in [0.25, 0.3) is 5.91 Å². The SMILES string of the molecule is Cc1nc(C)c(C(=O)NCCc2ncc(C)n2C2CCCCCCC2)s1. The first-order valence-electron chi connectivity index (χ1n) is 9.81. The van der Waals surface area contributed by atoms with Crippen LogP contribution < -0.4 is 5.32 Å². The number of imidazole rings is 1. The smallest absolute Gasteiger partial charge is 0.263 e. The summed E-state index contributed by atoms with van der Waals surface area (Å²) in [6.07, 6.45) is 11.9. The molecule has 0 bridgehead atoms. The normalized spacial score (nSPS) is 16.3. The van der Waals surface area contributed by atoms with Crippen molar-refractivity contribution in [3.63, 3.8) is 0 Å². The lowest BCUT2D eigenvalue weighted by Crippen LogP contribution is -2.27. The number of nitrogens with zero attached hydrogens (tertiary/aromatic N) is 3. The summed E-state index contributed by atoms with van der Waals surface area (Å²) in [7, 11) is 0. The Hall–Kier alpha value is -1.69. The van der Waals surface area contributed by atoms with E-state index in [2.05, 4.69) is 26.8 Å². The molecule has 0 saturated heterocycles. The van der Waals surface area contributed by atoms with Crippen LogP contribution in [-0.4, -0.2) is 27.0 Å². The van der Waals surface area contributed by atoms with E-state index in [1.807, 2.05) is 20.0 Å². The molecule has 2 heterocycles. The van der Waals surface area contributed by atoms with E-state index in [4.69, 9.17) is 0 Å². The fraction of sp³-hybridized carbons (Fsp3) is 0.650. The van der Waals surface area contributed by atoms with Crippen LogP contribution in [0.4, 0.5) is 0 Å². The zero-order valence-electron chi connectivity index (χ0n) is 16.2. The molecule has 6 heteroatoms. The highest BCUT2D eigenvalue weighted by molar-refractivity contribution is 7.13. The molecule has 3 rings (SSSR count). The molecular formula is C20H30N4OS. The number of thiazole rings is 1. The van der Waals surface area contributed by atoms with Gasteiger partial charge in [-0.1, -0.05) is 32.1 Å². The first-order chi connectivity index (χ1) is 12.6. The lowest BCUT2D eigenvalue weighted by Gasteiger charge is -2.24. The predicted molar refractivity (Wildman–Crippen MR) is 106 cm³/mol. The number of hydrogen-bond donors (Lipinski definition) is 1. The zero-order valence-corrected chi connectivity index (χ0v) is 17.0. The monoisotopic (exact) mass is 374 g/mol. The highest BCUT2D eigenvalue weighted by atomic mass is 32.1. The largest absolute Gasteiger partial charge is 0.351 e. The van der Waals surface area contributed by atoms with Gasteiger partial charge < -0.3 is 9.88 Å². The summed E-state index contributed by atoms with van der Waals surface area (Å²) in [6, 6.07) is 0.565. The van der Waals surface area contributed by atoms with Crippen LogP contribution in [0.15, 0.2) is 6.20 Å². The van der Waals surface area contributed by atoms with Gasteiger partial charge in [-0.05, 0) is 33.6 Å². The van der Waals surface area contributed by atoms with E-state index in [9.17, 15) is 4.79 Å². The number of aromatic nitrogens is 3. The van der Waals surface area contributed by atoms with Crippen molar-refractivity contribution in [1.29, 1.82) is 0 Å². The summed E-state index contributed by atoms with van der Waals surface area (Å²) in [5.41, 5.74) is 2.06. The van der Waals surface area contributed by atoms with E-state index in [0.29, 0.717) is 12.6 Å². The minimum absolute atomic E-state index is 0.0196. The molecule has 2 aromatic heterocycles. The van der Waals surface area contributed by atoms with Crippen molar-refractivity contribution in [2.75, 3.05) is 6.54 Å². The number of aryl methyl sites for hydroxylation is 3. The number of rotatable bonds is 5. The Labute approximate surface area is 160 Å². The topological polar surface area (TPSA) is 59.8 Å². The van der Waals surface area contributed by atoms with Crippen LogP contribution >= 0.6 is 11.3 Å². The maximum Gasteiger partial charge on any atom is 0.263 e.